The average molecular weight is 385 g/mol. The van der Waals surface area contributed by atoms with Crippen molar-refractivity contribution in [2.24, 2.45) is 0 Å². The summed E-state index contributed by atoms with van der Waals surface area (Å²) in [4.78, 5) is 32.0. The molecular weight excluding hydrogens is 371 g/mol. The fourth-order valence-corrected chi connectivity index (χ4v) is 3.15. The van der Waals surface area contributed by atoms with Gasteiger partial charge in [-0.15, -0.1) is 0 Å². The summed E-state index contributed by atoms with van der Waals surface area (Å²) in [7, 11) is 0. The molecule has 0 fully saturated rings. The Morgan fingerprint density at radius 2 is 1.89 bits per heavy atom. The average Bonchev–Trinajstić information content (AvgIpc) is 2.97. The Morgan fingerprint density at radius 1 is 1.07 bits per heavy atom. The van der Waals surface area contributed by atoms with Gasteiger partial charge in [-0.25, -0.2) is 0 Å². The number of hydrogen-bond acceptors (Lipinski definition) is 3. The molecule has 5 nitrogen and oxygen atoms in total. The van der Waals surface area contributed by atoms with Gasteiger partial charge < -0.3 is 9.88 Å². The maximum atomic E-state index is 13.0. The first-order chi connectivity index (χ1) is 13.3. The Kier molecular flexibility index (Phi) is 4.26. The molecular formula is C20H14F3N3O2. The maximum absolute atomic E-state index is 13.0. The molecule has 1 N–H and O–H groups in total. The molecule has 1 amide bonds. The van der Waals surface area contributed by atoms with Crippen LogP contribution in [0.2, 0.25) is 0 Å². The molecule has 1 aliphatic heterocycles. The highest BCUT2D eigenvalue weighted by Crippen LogP contribution is 2.35. The third-order valence-corrected chi connectivity index (χ3v) is 4.57. The van der Waals surface area contributed by atoms with E-state index in [9.17, 15) is 22.8 Å². The molecule has 0 radical (unpaired) electrons. The van der Waals surface area contributed by atoms with Gasteiger partial charge in [0.05, 0.1) is 29.9 Å². The number of alkyl halides is 3. The first kappa shape index (κ1) is 18.0. The van der Waals surface area contributed by atoms with Crippen molar-refractivity contribution in [3.05, 3.63) is 82.0 Å². The number of fused-ring (bicyclic) bond motifs is 1. The highest BCUT2D eigenvalue weighted by atomic mass is 19.4. The monoisotopic (exact) mass is 385 g/mol. The standard InChI is InChI=1S/C20H14F3N3O2/c21-20(22,23)15-3-1-2-13(6-15)14-7-17-16(24-10-14)8-19(28)26(17)11-12-4-5-18(27)25-9-12/h1-7,9-10H,8,11H2,(H,25,27). The molecule has 4 rings (SSSR count). The van der Waals surface area contributed by atoms with E-state index in [-0.39, 0.29) is 24.4 Å². The van der Waals surface area contributed by atoms with Crippen molar-refractivity contribution in [3.63, 3.8) is 0 Å². The number of carbonyl (C=O) groups excluding carboxylic acids is 1. The summed E-state index contributed by atoms with van der Waals surface area (Å²) in [6.45, 7) is 0.232. The molecule has 0 spiro atoms. The number of pyridine rings is 2. The molecule has 0 saturated heterocycles. The molecule has 8 heteroatoms. The van der Waals surface area contributed by atoms with Crippen LogP contribution in [0.15, 0.2) is 59.7 Å². The van der Waals surface area contributed by atoms with Crippen molar-refractivity contribution in [2.45, 2.75) is 19.1 Å². The highest BCUT2D eigenvalue weighted by molar-refractivity contribution is 6.01. The van der Waals surface area contributed by atoms with E-state index in [0.29, 0.717) is 22.5 Å². The number of nitrogens with one attached hydrogen (secondary N) is 1. The van der Waals surface area contributed by atoms with Crippen LogP contribution in [0, 0.1) is 0 Å². The number of H-pyrrole nitrogens is 1. The van der Waals surface area contributed by atoms with Crippen LogP contribution >= 0.6 is 0 Å². The number of nitrogens with zero attached hydrogens (tertiary/aromatic N) is 2. The molecule has 142 valence electrons. The summed E-state index contributed by atoms with van der Waals surface area (Å²) in [6, 6.07) is 9.65. The van der Waals surface area contributed by atoms with Gasteiger partial charge in [-0.05, 0) is 29.3 Å². The number of anilines is 1. The van der Waals surface area contributed by atoms with Crippen LogP contribution in [-0.2, 0) is 23.9 Å². The SMILES string of the molecule is O=C1Cc2ncc(-c3cccc(C(F)(F)F)c3)cc2N1Cc1ccc(=O)[nH]c1. The van der Waals surface area contributed by atoms with Gasteiger partial charge in [-0.2, -0.15) is 13.2 Å². The second-order valence-corrected chi connectivity index (χ2v) is 6.49. The van der Waals surface area contributed by atoms with Crippen LogP contribution in [0.25, 0.3) is 11.1 Å². The molecule has 0 atom stereocenters. The third-order valence-electron chi connectivity index (χ3n) is 4.57. The van der Waals surface area contributed by atoms with Crippen LogP contribution in [0.3, 0.4) is 0 Å². The van der Waals surface area contributed by atoms with E-state index in [1.807, 2.05) is 0 Å². The summed E-state index contributed by atoms with van der Waals surface area (Å²) in [5.74, 6) is -0.158. The number of benzene rings is 1. The van der Waals surface area contributed by atoms with Crippen molar-refractivity contribution in [1.29, 1.82) is 0 Å². The van der Waals surface area contributed by atoms with Gasteiger partial charge in [-0.3, -0.25) is 14.6 Å². The lowest BCUT2D eigenvalue weighted by Gasteiger charge is -2.18. The number of carbonyl (C=O) groups is 1. The minimum atomic E-state index is -4.44. The van der Waals surface area contributed by atoms with E-state index in [1.54, 1.807) is 18.2 Å². The van der Waals surface area contributed by atoms with Gasteiger partial charge in [-0.1, -0.05) is 18.2 Å². The van der Waals surface area contributed by atoms with E-state index >= 15 is 0 Å². The van der Waals surface area contributed by atoms with E-state index in [0.717, 1.165) is 17.7 Å². The smallest absolute Gasteiger partial charge is 0.329 e. The molecule has 28 heavy (non-hydrogen) atoms. The summed E-state index contributed by atoms with van der Waals surface area (Å²) in [5.41, 5.74) is 1.73. The van der Waals surface area contributed by atoms with Gasteiger partial charge in [0.2, 0.25) is 11.5 Å². The van der Waals surface area contributed by atoms with Gasteiger partial charge >= 0.3 is 6.18 Å². The van der Waals surface area contributed by atoms with E-state index < -0.39 is 11.7 Å². The molecule has 0 unspecified atom stereocenters. The first-order valence-electron chi connectivity index (χ1n) is 8.46. The summed E-state index contributed by atoms with van der Waals surface area (Å²) >= 11 is 0. The second-order valence-electron chi connectivity index (χ2n) is 6.49. The van der Waals surface area contributed by atoms with Gasteiger partial charge in [0, 0.05) is 24.0 Å². The number of rotatable bonds is 3. The normalized spacial score (nSPS) is 13.7. The minimum absolute atomic E-state index is 0.127. The number of aromatic amines is 1. The van der Waals surface area contributed by atoms with Crippen molar-refractivity contribution >= 4 is 11.6 Å². The van der Waals surface area contributed by atoms with Gasteiger partial charge in [0.1, 0.15) is 0 Å². The second kappa shape index (κ2) is 6.63. The Labute approximate surface area is 157 Å². The van der Waals surface area contributed by atoms with Crippen molar-refractivity contribution in [3.8, 4) is 11.1 Å². The van der Waals surface area contributed by atoms with Crippen LogP contribution < -0.4 is 10.5 Å². The summed E-state index contributed by atoms with van der Waals surface area (Å²) in [6.07, 6.45) is -1.31. The lowest BCUT2D eigenvalue weighted by atomic mass is 10.0. The molecule has 3 aromatic rings. The van der Waals surface area contributed by atoms with Crippen LogP contribution in [0.4, 0.5) is 18.9 Å². The Bertz CT molecular complexity index is 1100. The lowest BCUT2D eigenvalue weighted by Crippen LogP contribution is -2.26. The molecule has 0 aliphatic carbocycles. The lowest BCUT2D eigenvalue weighted by molar-refractivity contribution is -0.137. The fourth-order valence-electron chi connectivity index (χ4n) is 3.15. The Balaban J connectivity index is 1.70. The predicted octanol–water partition coefficient (Wildman–Crippen LogP) is 3.55. The van der Waals surface area contributed by atoms with E-state index in [4.69, 9.17) is 0 Å². The third kappa shape index (κ3) is 3.40. The highest BCUT2D eigenvalue weighted by Gasteiger charge is 2.31. The van der Waals surface area contributed by atoms with Crippen molar-refractivity contribution in [1.82, 2.24) is 9.97 Å². The largest absolute Gasteiger partial charge is 0.416 e. The zero-order valence-corrected chi connectivity index (χ0v) is 14.5. The summed E-state index contributed by atoms with van der Waals surface area (Å²) < 4.78 is 39.0. The first-order valence-corrected chi connectivity index (χ1v) is 8.46. The molecule has 1 aliphatic rings. The van der Waals surface area contributed by atoms with Crippen LogP contribution in [0.1, 0.15) is 16.8 Å². The minimum Gasteiger partial charge on any atom is -0.329 e. The van der Waals surface area contributed by atoms with E-state index in [2.05, 4.69) is 9.97 Å². The zero-order valence-electron chi connectivity index (χ0n) is 14.5. The molecule has 0 saturated carbocycles. The predicted molar refractivity (Wildman–Crippen MR) is 96.6 cm³/mol. The Hall–Kier alpha value is -3.42. The number of halogens is 3. The fraction of sp³-hybridized carbons (Fsp3) is 0.150. The van der Waals surface area contributed by atoms with Crippen LogP contribution in [-0.4, -0.2) is 15.9 Å². The number of hydrogen-bond donors (Lipinski definition) is 1. The molecule has 3 heterocycles. The Morgan fingerprint density at radius 3 is 2.61 bits per heavy atom. The van der Waals surface area contributed by atoms with E-state index in [1.165, 1.54) is 29.4 Å². The zero-order chi connectivity index (χ0) is 19.9. The molecule has 0 bridgehead atoms. The van der Waals surface area contributed by atoms with Crippen molar-refractivity contribution in [2.75, 3.05) is 4.90 Å². The summed E-state index contributed by atoms with van der Waals surface area (Å²) in [5, 5.41) is 0. The van der Waals surface area contributed by atoms with Crippen molar-refractivity contribution < 1.29 is 18.0 Å². The van der Waals surface area contributed by atoms with Gasteiger partial charge in [0.15, 0.2) is 0 Å². The molecule has 2 aromatic heterocycles. The van der Waals surface area contributed by atoms with Crippen LogP contribution in [0.5, 0.6) is 0 Å². The quantitative estimate of drug-likeness (QED) is 0.750. The molecule has 1 aromatic carbocycles. The topological polar surface area (TPSA) is 66.1 Å². The van der Waals surface area contributed by atoms with Gasteiger partial charge in [0.25, 0.3) is 0 Å². The number of aromatic nitrogens is 2. The maximum Gasteiger partial charge on any atom is 0.416 e. The number of amides is 1.